The summed E-state index contributed by atoms with van der Waals surface area (Å²) >= 11 is 0. The van der Waals surface area contributed by atoms with Gasteiger partial charge in [-0.3, -0.25) is 14.5 Å². The molecule has 1 aliphatic heterocycles. The van der Waals surface area contributed by atoms with Gasteiger partial charge in [0.1, 0.15) is 5.76 Å². The number of rotatable bonds is 6. The number of carbonyl (C=O) groups is 2. The standard InChI is InChI=1S/C28H24N2O5/c1-4-35-23-15-20(11-14-22(23)34-3)25-24(26(31)19-9-5-17(2)6-10-19)27(32)28(33)30(25)21-12-7-18(16-29)8-13-21/h5-15,25,31H,4H2,1-3H3/b26-24-. The van der Waals surface area contributed by atoms with Gasteiger partial charge < -0.3 is 14.6 Å². The fourth-order valence-corrected chi connectivity index (χ4v) is 4.11. The van der Waals surface area contributed by atoms with E-state index in [1.807, 2.05) is 32.0 Å². The highest BCUT2D eigenvalue weighted by Crippen LogP contribution is 2.44. The summed E-state index contributed by atoms with van der Waals surface area (Å²) in [7, 11) is 1.53. The van der Waals surface area contributed by atoms with Crippen molar-refractivity contribution in [2.45, 2.75) is 19.9 Å². The van der Waals surface area contributed by atoms with Gasteiger partial charge in [-0.1, -0.05) is 35.9 Å². The quantitative estimate of drug-likeness (QED) is 0.314. The molecular formula is C28H24N2O5. The normalized spacial score (nSPS) is 16.7. The van der Waals surface area contributed by atoms with Crippen LogP contribution in [-0.2, 0) is 9.59 Å². The Balaban J connectivity index is 1.95. The van der Waals surface area contributed by atoms with Crippen LogP contribution in [-0.4, -0.2) is 30.5 Å². The molecule has 3 aromatic carbocycles. The molecule has 7 heteroatoms. The van der Waals surface area contributed by atoms with Crippen LogP contribution in [0.1, 0.15) is 35.2 Å². The summed E-state index contributed by atoms with van der Waals surface area (Å²) in [5.41, 5.74) is 2.80. The molecule has 1 unspecified atom stereocenters. The van der Waals surface area contributed by atoms with E-state index < -0.39 is 17.7 Å². The molecule has 4 rings (SSSR count). The first kappa shape index (κ1) is 23.6. The van der Waals surface area contributed by atoms with E-state index in [1.165, 1.54) is 12.0 Å². The number of aliphatic hydroxyl groups is 1. The van der Waals surface area contributed by atoms with Crippen LogP contribution in [0.3, 0.4) is 0 Å². The van der Waals surface area contributed by atoms with E-state index in [2.05, 4.69) is 0 Å². The van der Waals surface area contributed by atoms with E-state index in [4.69, 9.17) is 14.7 Å². The summed E-state index contributed by atoms with van der Waals surface area (Å²) in [6, 6.07) is 19.7. The summed E-state index contributed by atoms with van der Waals surface area (Å²) in [4.78, 5) is 27.9. The number of amides is 1. The number of Topliss-reactive ketones (excluding diaryl/α,β-unsaturated/α-hetero) is 1. The maximum Gasteiger partial charge on any atom is 0.300 e. The summed E-state index contributed by atoms with van der Waals surface area (Å²) in [6.45, 7) is 4.14. The molecule has 1 saturated heterocycles. The van der Waals surface area contributed by atoms with Gasteiger partial charge in [-0.2, -0.15) is 5.26 Å². The number of ketones is 1. The number of benzene rings is 3. The minimum Gasteiger partial charge on any atom is -0.507 e. The van der Waals surface area contributed by atoms with Gasteiger partial charge in [-0.25, -0.2) is 0 Å². The van der Waals surface area contributed by atoms with E-state index in [0.29, 0.717) is 40.5 Å². The van der Waals surface area contributed by atoms with Gasteiger partial charge in [0.05, 0.1) is 37.0 Å². The van der Waals surface area contributed by atoms with Gasteiger partial charge in [0, 0.05) is 11.3 Å². The Morgan fingerprint density at radius 1 is 1.03 bits per heavy atom. The largest absolute Gasteiger partial charge is 0.507 e. The molecule has 0 aliphatic carbocycles. The number of carbonyl (C=O) groups excluding carboxylic acids is 2. The highest BCUT2D eigenvalue weighted by Gasteiger charge is 2.47. The number of anilines is 1. The van der Waals surface area contributed by atoms with Crippen molar-refractivity contribution in [2.24, 2.45) is 0 Å². The smallest absolute Gasteiger partial charge is 0.300 e. The van der Waals surface area contributed by atoms with E-state index in [9.17, 15) is 14.7 Å². The second kappa shape index (κ2) is 9.74. The zero-order valence-corrected chi connectivity index (χ0v) is 19.6. The van der Waals surface area contributed by atoms with Crippen LogP contribution < -0.4 is 14.4 Å². The fraction of sp³-hybridized carbons (Fsp3) is 0.179. The molecule has 0 spiro atoms. The third-order valence-electron chi connectivity index (χ3n) is 5.85. The van der Waals surface area contributed by atoms with Crippen molar-refractivity contribution >= 4 is 23.1 Å². The molecule has 35 heavy (non-hydrogen) atoms. The maximum atomic E-state index is 13.3. The summed E-state index contributed by atoms with van der Waals surface area (Å²) in [6.07, 6.45) is 0. The third kappa shape index (κ3) is 4.34. The zero-order chi connectivity index (χ0) is 25.1. The van der Waals surface area contributed by atoms with E-state index in [0.717, 1.165) is 5.56 Å². The molecule has 0 aromatic heterocycles. The predicted octanol–water partition coefficient (Wildman–Crippen LogP) is 4.90. The number of nitrogens with zero attached hydrogens (tertiary/aromatic N) is 2. The van der Waals surface area contributed by atoms with Crippen molar-refractivity contribution in [1.82, 2.24) is 0 Å². The highest BCUT2D eigenvalue weighted by atomic mass is 16.5. The van der Waals surface area contributed by atoms with Crippen molar-refractivity contribution in [3.8, 4) is 17.6 Å². The molecule has 1 N–H and O–H groups in total. The van der Waals surface area contributed by atoms with E-state index in [-0.39, 0.29) is 11.3 Å². The van der Waals surface area contributed by atoms with Gasteiger partial charge in [0.2, 0.25) is 0 Å². The van der Waals surface area contributed by atoms with Crippen LogP contribution in [0.2, 0.25) is 0 Å². The van der Waals surface area contributed by atoms with E-state index >= 15 is 0 Å². The van der Waals surface area contributed by atoms with Crippen LogP contribution in [0, 0.1) is 18.3 Å². The minimum absolute atomic E-state index is 0.0316. The molecule has 1 amide bonds. The van der Waals surface area contributed by atoms with E-state index in [1.54, 1.807) is 54.6 Å². The summed E-state index contributed by atoms with van der Waals surface area (Å²) < 4.78 is 11.1. The van der Waals surface area contributed by atoms with Crippen LogP contribution in [0.15, 0.2) is 72.3 Å². The second-order valence-corrected chi connectivity index (χ2v) is 8.04. The molecule has 7 nitrogen and oxygen atoms in total. The van der Waals surface area contributed by atoms with Crippen molar-refractivity contribution < 1.29 is 24.2 Å². The predicted molar refractivity (Wildman–Crippen MR) is 131 cm³/mol. The molecule has 0 radical (unpaired) electrons. The SMILES string of the molecule is CCOc1cc(C2/C(=C(/O)c3ccc(C)cc3)C(=O)C(=O)N2c2ccc(C#N)cc2)ccc1OC. The molecule has 0 saturated carbocycles. The molecule has 1 heterocycles. The molecule has 1 aliphatic rings. The van der Waals surface area contributed by atoms with Gasteiger partial charge in [0.25, 0.3) is 11.7 Å². The topological polar surface area (TPSA) is 99.9 Å². The van der Waals surface area contributed by atoms with Crippen molar-refractivity contribution in [1.29, 1.82) is 5.26 Å². The molecule has 3 aromatic rings. The number of hydrogen-bond donors (Lipinski definition) is 1. The molecule has 1 fully saturated rings. The Labute approximate surface area is 203 Å². The van der Waals surface area contributed by atoms with Gasteiger partial charge in [-0.15, -0.1) is 0 Å². The number of hydrogen-bond acceptors (Lipinski definition) is 6. The first-order valence-corrected chi connectivity index (χ1v) is 11.1. The Kier molecular flexibility index (Phi) is 6.56. The number of aliphatic hydroxyl groups excluding tert-OH is 1. The average Bonchev–Trinajstić information content (AvgIpc) is 3.14. The lowest BCUT2D eigenvalue weighted by Crippen LogP contribution is -2.29. The average molecular weight is 469 g/mol. The first-order valence-electron chi connectivity index (χ1n) is 11.1. The van der Waals surface area contributed by atoms with Crippen LogP contribution in [0.5, 0.6) is 11.5 Å². The van der Waals surface area contributed by atoms with Crippen molar-refractivity contribution in [2.75, 3.05) is 18.6 Å². The third-order valence-corrected chi connectivity index (χ3v) is 5.85. The van der Waals surface area contributed by atoms with Crippen molar-refractivity contribution in [3.63, 3.8) is 0 Å². The van der Waals surface area contributed by atoms with Gasteiger partial charge in [-0.05, 0) is 55.8 Å². The van der Waals surface area contributed by atoms with Gasteiger partial charge in [0.15, 0.2) is 11.5 Å². The van der Waals surface area contributed by atoms with Crippen molar-refractivity contribution in [3.05, 3.63) is 94.6 Å². The molecule has 0 bridgehead atoms. The van der Waals surface area contributed by atoms with Crippen LogP contribution in [0.4, 0.5) is 5.69 Å². The lowest BCUT2D eigenvalue weighted by atomic mass is 9.94. The number of nitriles is 1. The monoisotopic (exact) mass is 468 g/mol. The van der Waals surface area contributed by atoms with Gasteiger partial charge >= 0.3 is 0 Å². The number of aryl methyl sites for hydroxylation is 1. The Hall–Kier alpha value is -4.57. The summed E-state index contributed by atoms with van der Waals surface area (Å²) in [5, 5.41) is 20.4. The maximum absolute atomic E-state index is 13.3. The van der Waals surface area contributed by atoms with Crippen LogP contribution in [0.25, 0.3) is 5.76 Å². The second-order valence-electron chi connectivity index (χ2n) is 8.04. The molecule has 176 valence electrons. The number of ether oxygens (including phenoxy) is 2. The Bertz CT molecular complexity index is 1350. The van der Waals surface area contributed by atoms with Crippen LogP contribution >= 0.6 is 0 Å². The Morgan fingerprint density at radius 3 is 2.31 bits per heavy atom. The minimum atomic E-state index is -0.922. The Morgan fingerprint density at radius 2 is 1.71 bits per heavy atom. The zero-order valence-electron chi connectivity index (χ0n) is 19.6. The first-order chi connectivity index (χ1) is 16.9. The fourth-order valence-electron chi connectivity index (χ4n) is 4.11. The molecule has 1 atom stereocenters. The lowest BCUT2D eigenvalue weighted by molar-refractivity contribution is -0.132. The number of methoxy groups -OCH3 is 1. The summed E-state index contributed by atoms with van der Waals surface area (Å²) in [5.74, 6) is -0.885. The molecular weight excluding hydrogens is 444 g/mol. The highest BCUT2D eigenvalue weighted by molar-refractivity contribution is 6.51. The lowest BCUT2D eigenvalue weighted by Gasteiger charge is -2.26.